The summed E-state index contributed by atoms with van der Waals surface area (Å²) in [7, 11) is 1.65. The molecule has 7 nitrogen and oxygen atoms in total. The van der Waals surface area contributed by atoms with Crippen molar-refractivity contribution in [1.29, 1.82) is 0 Å². The first-order chi connectivity index (χ1) is 15.6. The molecule has 4 rings (SSSR count). The van der Waals surface area contributed by atoms with Crippen LogP contribution in [0.4, 0.5) is 5.69 Å². The minimum atomic E-state index is -0.360. The highest BCUT2D eigenvalue weighted by atomic mass is 16.5. The SMILES string of the molecule is COc1ccc(C(CNC(=O)c2cccc(NC(=O)c3ccco3)c2)N2CCCC2)cc1. The van der Waals surface area contributed by atoms with Gasteiger partial charge in [-0.25, -0.2) is 0 Å². The van der Waals surface area contributed by atoms with Crippen LogP contribution in [-0.2, 0) is 0 Å². The van der Waals surface area contributed by atoms with E-state index in [1.54, 1.807) is 43.5 Å². The number of rotatable bonds is 8. The van der Waals surface area contributed by atoms with Gasteiger partial charge in [-0.1, -0.05) is 18.2 Å². The standard InChI is InChI=1S/C25H27N3O4/c1-31-21-11-9-18(10-12-21)22(28-13-2-3-14-28)17-26-24(29)19-6-4-7-20(16-19)27-25(30)23-8-5-15-32-23/h4-12,15-16,22H,2-3,13-14,17H2,1H3,(H,26,29)(H,27,30). The number of hydrogen-bond acceptors (Lipinski definition) is 5. The van der Waals surface area contributed by atoms with Crippen LogP contribution < -0.4 is 15.4 Å². The predicted octanol–water partition coefficient (Wildman–Crippen LogP) is 4.11. The fourth-order valence-electron chi connectivity index (χ4n) is 3.97. The molecule has 166 valence electrons. The van der Waals surface area contributed by atoms with Gasteiger partial charge >= 0.3 is 0 Å². The lowest BCUT2D eigenvalue weighted by molar-refractivity contribution is 0.0936. The van der Waals surface area contributed by atoms with Gasteiger partial charge in [0.2, 0.25) is 0 Å². The molecule has 1 fully saturated rings. The van der Waals surface area contributed by atoms with E-state index < -0.39 is 0 Å². The summed E-state index contributed by atoms with van der Waals surface area (Å²) in [4.78, 5) is 27.5. The Kier molecular flexibility index (Phi) is 6.87. The highest BCUT2D eigenvalue weighted by Gasteiger charge is 2.24. The van der Waals surface area contributed by atoms with Gasteiger partial charge in [0, 0.05) is 17.8 Å². The predicted molar refractivity (Wildman–Crippen MR) is 122 cm³/mol. The summed E-state index contributed by atoms with van der Waals surface area (Å²) in [5.74, 6) is 0.483. The van der Waals surface area contributed by atoms with Crippen LogP contribution in [0.25, 0.3) is 0 Å². The Hall–Kier alpha value is -3.58. The first-order valence-electron chi connectivity index (χ1n) is 10.7. The highest BCUT2D eigenvalue weighted by molar-refractivity contribution is 6.03. The lowest BCUT2D eigenvalue weighted by Gasteiger charge is -2.28. The monoisotopic (exact) mass is 433 g/mol. The van der Waals surface area contributed by atoms with Gasteiger partial charge in [0.05, 0.1) is 19.4 Å². The van der Waals surface area contributed by atoms with E-state index in [1.165, 1.54) is 6.26 Å². The van der Waals surface area contributed by atoms with Crippen molar-refractivity contribution in [2.45, 2.75) is 18.9 Å². The Bertz CT molecular complexity index is 1040. The number of nitrogens with zero attached hydrogens (tertiary/aromatic N) is 1. The Balaban J connectivity index is 1.43. The molecule has 1 unspecified atom stereocenters. The van der Waals surface area contributed by atoms with Gasteiger partial charge in [0.25, 0.3) is 11.8 Å². The lowest BCUT2D eigenvalue weighted by atomic mass is 10.0. The van der Waals surface area contributed by atoms with E-state index in [9.17, 15) is 9.59 Å². The zero-order valence-corrected chi connectivity index (χ0v) is 18.0. The van der Waals surface area contributed by atoms with Crippen LogP contribution in [0.15, 0.2) is 71.3 Å². The van der Waals surface area contributed by atoms with Crippen LogP contribution >= 0.6 is 0 Å². The fourth-order valence-corrected chi connectivity index (χ4v) is 3.97. The summed E-state index contributed by atoms with van der Waals surface area (Å²) in [5, 5.41) is 5.82. The van der Waals surface area contributed by atoms with Crippen LogP contribution in [0.2, 0.25) is 0 Å². The second-order valence-corrected chi connectivity index (χ2v) is 7.75. The normalized spacial score (nSPS) is 14.7. The molecule has 0 radical (unpaired) electrons. The third-order valence-corrected chi connectivity index (χ3v) is 5.67. The molecule has 2 N–H and O–H groups in total. The van der Waals surface area contributed by atoms with Crippen molar-refractivity contribution in [3.05, 3.63) is 83.8 Å². The molecule has 2 aromatic carbocycles. The van der Waals surface area contributed by atoms with Crippen LogP contribution in [0, 0.1) is 0 Å². The number of carbonyl (C=O) groups is 2. The minimum Gasteiger partial charge on any atom is -0.497 e. The number of furan rings is 1. The van der Waals surface area contributed by atoms with Crippen molar-refractivity contribution in [3.63, 3.8) is 0 Å². The number of likely N-dealkylation sites (tertiary alicyclic amines) is 1. The lowest BCUT2D eigenvalue weighted by Crippen LogP contribution is -2.36. The first kappa shape index (κ1) is 21.6. The average Bonchev–Trinajstić information content (AvgIpc) is 3.54. The number of anilines is 1. The molecule has 1 aliphatic heterocycles. The molecule has 1 atom stereocenters. The summed E-state index contributed by atoms with van der Waals surface area (Å²) in [6.45, 7) is 2.52. The fraction of sp³-hybridized carbons (Fsp3) is 0.280. The van der Waals surface area contributed by atoms with E-state index in [0.29, 0.717) is 17.8 Å². The van der Waals surface area contributed by atoms with Crippen molar-refractivity contribution < 1.29 is 18.7 Å². The van der Waals surface area contributed by atoms with Gasteiger partial charge in [0.1, 0.15) is 5.75 Å². The van der Waals surface area contributed by atoms with Gasteiger partial charge in [-0.2, -0.15) is 0 Å². The summed E-state index contributed by atoms with van der Waals surface area (Å²) >= 11 is 0. The molecule has 0 bridgehead atoms. The third-order valence-electron chi connectivity index (χ3n) is 5.67. The molecule has 1 aromatic heterocycles. The van der Waals surface area contributed by atoms with Gasteiger partial charge in [0.15, 0.2) is 5.76 Å². The van der Waals surface area contributed by atoms with Crippen molar-refractivity contribution in [1.82, 2.24) is 10.2 Å². The molecule has 2 heterocycles. The molecule has 1 aliphatic rings. The van der Waals surface area contributed by atoms with E-state index in [0.717, 1.165) is 37.2 Å². The largest absolute Gasteiger partial charge is 0.497 e. The molecule has 0 saturated carbocycles. The number of methoxy groups -OCH3 is 1. The smallest absolute Gasteiger partial charge is 0.291 e. The van der Waals surface area contributed by atoms with Crippen molar-refractivity contribution in [2.75, 3.05) is 32.1 Å². The zero-order chi connectivity index (χ0) is 22.3. The summed E-state index contributed by atoms with van der Waals surface area (Å²) in [5.41, 5.74) is 2.16. The molecular formula is C25H27N3O4. The van der Waals surface area contributed by atoms with Crippen molar-refractivity contribution >= 4 is 17.5 Å². The van der Waals surface area contributed by atoms with Crippen molar-refractivity contribution in [3.8, 4) is 5.75 Å². The van der Waals surface area contributed by atoms with E-state index in [1.807, 2.05) is 12.1 Å². The Morgan fingerprint density at radius 1 is 1.03 bits per heavy atom. The summed E-state index contributed by atoms with van der Waals surface area (Å²) in [6.07, 6.45) is 3.77. The molecule has 2 amide bonds. The van der Waals surface area contributed by atoms with Gasteiger partial charge in [-0.3, -0.25) is 14.5 Å². The Morgan fingerprint density at radius 2 is 1.81 bits per heavy atom. The van der Waals surface area contributed by atoms with Gasteiger partial charge in [-0.05, 0) is 74.0 Å². The second kappa shape index (κ2) is 10.2. The number of amides is 2. The molecular weight excluding hydrogens is 406 g/mol. The van der Waals surface area contributed by atoms with Gasteiger partial charge < -0.3 is 19.8 Å². The van der Waals surface area contributed by atoms with E-state index in [4.69, 9.17) is 9.15 Å². The van der Waals surface area contributed by atoms with E-state index in [2.05, 4.69) is 27.7 Å². The van der Waals surface area contributed by atoms with Crippen LogP contribution in [0.5, 0.6) is 5.75 Å². The maximum Gasteiger partial charge on any atom is 0.291 e. The number of carbonyl (C=O) groups excluding carboxylic acids is 2. The second-order valence-electron chi connectivity index (χ2n) is 7.75. The maximum absolute atomic E-state index is 12.9. The number of benzene rings is 2. The van der Waals surface area contributed by atoms with Crippen LogP contribution in [0.3, 0.4) is 0 Å². The number of nitrogens with one attached hydrogen (secondary N) is 2. The topological polar surface area (TPSA) is 83.8 Å². The minimum absolute atomic E-state index is 0.0918. The van der Waals surface area contributed by atoms with Crippen LogP contribution in [0.1, 0.15) is 45.4 Å². The van der Waals surface area contributed by atoms with Crippen LogP contribution in [-0.4, -0.2) is 43.5 Å². The quantitative estimate of drug-likeness (QED) is 0.559. The highest BCUT2D eigenvalue weighted by Crippen LogP contribution is 2.26. The molecule has 1 saturated heterocycles. The molecule has 32 heavy (non-hydrogen) atoms. The van der Waals surface area contributed by atoms with Crippen molar-refractivity contribution in [2.24, 2.45) is 0 Å². The summed E-state index contributed by atoms with van der Waals surface area (Å²) < 4.78 is 10.4. The molecule has 7 heteroatoms. The number of hydrogen-bond donors (Lipinski definition) is 2. The number of ether oxygens (including phenoxy) is 1. The Morgan fingerprint density at radius 3 is 2.50 bits per heavy atom. The third kappa shape index (κ3) is 5.18. The molecule has 0 aliphatic carbocycles. The summed E-state index contributed by atoms with van der Waals surface area (Å²) in [6, 6.07) is 18.2. The average molecular weight is 434 g/mol. The zero-order valence-electron chi connectivity index (χ0n) is 18.0. The Labute approximate surface area is 187 Å². The van der Waals surface area contributed by atoms with Gasteiger partial charge in [-0.15, -0.1) is 0 Å². The molecule has 3 aromatic rings. The van der Waals surface area contributed by atoms with E-state index >= 15 is 0 Å². The molecule has 0 spiro atoms. The first-order valence-corrected chi connectivity index (χ1v) is 10.7. The van der Waals surface area contributed by atoms with E-state index in [-0.39, 0.29) is 23.6 Å². The maximum atomic E-state index is 12.9.